The van der Waals surface area contributed by atoms with Crippen molar-refractivity contribution >= 4 is 29.2 Å². The fourth-order valence-corrected chi connectivity index (χ4v) is 3.81. The summed E-state index contributed by atoms with van der Waals surface area (Å²) in [5.41, 5.74) is 2.96. The van der Waals surface area contributed by atoms with Crippen LogP contribution in [0.2, 0.25) is 0 Å². The number of hydrogen-bond acceptors (Lipinski definition) is 6. The van der Waals surface area contributed by atoms with Crippen molar-refractivity contribution in [1.29, 1.82) is 0 Å². The van der Waals surface area contributed by atoms with Crippen molar-refractivity contribution in [3.05, 3.63) is 59.2 Å². The third kappa shape index (κ3) is 3.81. The second-order valence-electron chi connectivity index (χ2n) is 7.16. The summed E-state index contributed by atoms with van der Waals surface area (Å²) in [4.78, 5) is 39.3. The molecule has 2 aromatic rings. The van der Waals surface area contributed by atoms with Crippen LogP contribution in [0, 0.1) is 0 Å². The molecular formula is C22H22N2O5. The second-order valence-corrected chi connectivity index (χ2v) is 7.16. The van der Waals surface area contributed by atoms with Crippen LogP contribution in [0.4, 0.5) is 11.4 Å². The molecule has 2 aliphatic rings. The molecule has 0 saturated carbocycles. The van der Waals surface area contributed by atoms with E-state index in [4.69, 9.17) is 9.47 Å². The SMILES string of the molecule is COC(=O)c1ccc(N2CCCC2)c(NC(=O)[C@@H]2Cc3ccccc3C(=O)O2)c1. The van der Waals surface area contributed by atoms with Gasteiger partial charge in [0.2, 0.25) is 0 Å². The van der Waals surface area contributed by atoms with Crippen molar-refractivity contribution in [2.45, 2.75) is 25.4 Å². The highest BCUT2D eigenvalue weighted by atomic mass is 16.5. The predicted octanol–water partition coefficient (Wildman–Crippen LogP) is 2.79. The van der Waals surface area contributed by atoms with E-state index in [9.17, 15) is 14.4 Å². The molecule has 1 amide bonds. The van der Waals surface area contributed by atoms with Gasteiger partial charge in [-0.05, 0) is 42.7 Å². The number of amides is 1. The average molecular weight is 394 g/mol. The Balaban J connectivity index is 1.60. The van der Waals surface area contributed by atoms with Gasteiger partial charge in [0.15, 0.2) is 6.10 Å². The van der Waals surface area contributed by atoms with Crippen molar-refractivity contribution in [3.63, 3.8) is 0 Å². The van der Waals surface area contributed by atoms with E-state index in [1.165, 1.54) is 7.11 Å². The van der Waals surface area contributed by atoms with Crippen LogP contribution in [-0.2, 0) is 20.7 Å². The number of ether oxygens (including phenoxy) is 2. The zero-order valence-electron chi connectivity index (χ0n) is 16.1. The lowest BCUT2D eigenvalue weighted by Crippen LogP contribution is -2.38. The van der Waals surface area contributed by atoms with Crippen LogP contribution in [-0.4, -0.2) is 44.1 Å². The van der Waals surface area contributed by atoms with Crippen LogP contribution in [0.15, 0.2) is 42.5 Å². The van der Waals surface area contributed by atoms with Gasteiger partial charge in [-0.15, -0.1) is 0 Å². The highest BCUT2D eigenvalue weighted by Gasteiger charge is 2.32. The predicted molar refractivity (Wildman–Crippen MR) is 107 cm³/mol. The standard InChI is InChI=1S/C22H22N2O5/c1-28-21(26)15-8-9-18(24-10-4-5-11-24)17(12-15)23-20(25)19-13-14-6-2-3-7-16(14)22(27)29-19/h2-3,6-9,12,19H,4-5,10-11,13H2,1H3,(H,23,25)/t19-/m0/s1. The smallest absolute Gasteiger partial charge is 0.339 e. The van der Waals surface area contributed by atoms with Crippen molar-refractivity contribution in [1.82, 2.24) is 0 Å². The minimum absolute atomic E-state index is 0.309. The lowest BCUT2D eigenvalue weighted by atomic mass is 9.98. The number of esters is 2. The Morgan fingerprint density at radius 1 is 1.14 bits per heavy atom. The van der Waals surface area contributed by atoms with Gasteiger partial charge in [-0.2, -0.15) is 0 Å². The van der Waals surface area contributed by atoms with Crippen molar-refractivity contribution in [3.8, 4) is 0 Å². The third-order valence-corrected chi connectivity index (χ3v) is 5.31. The van der Waals surface area contributed by atoms with E-state index in [1.54, 1.807) is 24.3 Å². The summed E-state index contributed by atoms with van der Waals surface area (Å²) in [6, 6.07) is 12.2. The Morgan fingerprint density at radius 3 is 2.66 bits per heavy atom. The normalized spacial score (nSPS) is 18.0. The first-order valence-electron chi connectivity index (χ1n) is 9.64. The van der Waals surface area contributed by atoms with Gasteiger partial charge in [0, 0.05) is 19.5 Å². The minimum atomic E-state index is -0.925. The molecule has 29 heavy (non-hydrogen) atoms. The van der Waals surface area contributed by atoms with Crippen molar-refractivity contribution in [2.24, 2.45) is 0 Å². The van der Waals surface area contributed by atoms with Gasteiger partial charge in [0.25, 0.3) is 5.91 Å². The molecule has 4 rings (SSSR count). The number of rotatable bonds is 4. The molecule has 1 saturated heterocycles. The number of anilines is 2. The topological polar surface area (TPSA) is 84.9 Å². The monoisotopic (exact) mass is 394 g/mol. The molecule has 7 nitrogen and oxygen atoms in total. The van der Waals surface area contributed by atoms with E-state index in [-0.39, 0.29) is 0 Å². The molecule has 0 aliphatic carbocycles. The number of carbonyl (C=O) groups excluding carboxylic acids is 3. The second kappa shape index (κ2) is 7.95. The lowest BCUT2D eigenvalue weighted by molar-refractivity contribution is -0.125. The first-order chi connectivity index (χ1) is 14.1. The van der Waals surface area contributed by atoms with E-state index < -0.39 is 23.9 Å². The molecule has 1 atom stereocenters. The van der Waals surface area contributed by atoms with Crippen LogP contribution < -0.4 is 10.2 Å². The number of fused-ring (bicyclic) bond motifs is 1. The van der Waals surface area contributed by atoms with Crippen molar-refractivity contribution < 1.29 is 23.9 Å². The molecule has 0 aromatic heterocycles. The van der Waals surface area contributed by atoms with Crippen LogP contribution in [0.25, 0.3) is 0 Å². The van der Waals surface area contributed by atoms with E-state index in [0.29, 0.717) is 23.2 Å². The zero-order chi connectivity index (χ0) is 20.4. The lowest BCUT2D eigenvalue weighted by Gasteiger charge is -2.26. The summed E-state index contributed by atoms with van der Waals surface area (Å²) in [6.45, 7) is 1.76. The van der Waals surface area contributed by atoms with E-state index in [2.05, 4.69) is 10.2 Å². The molecule has 2 heterocycles. The third-order valence-electron chi connectivity index (χ3n) is 5.31. The average Bonchev–Trinajstić information content (AvgIpc) is 3.27. The van der Waals surface area contributed by atoms with E-state index in [1.807, 2.05) is 18.2 Å². The maximum Gasteiger partial charge on any atom is 0.339 e. The zero-order valence-corrected chi connectivity index (χ0v) is 16.1. The molecule has 0 spiro atoms. The maximum absolute atomic E-state index is 12.9. The Hall–Kier alpha value is -3.35. The van der Waals surface area contributed by atoms with E-state index in [0.717, 1.165) is 37.2 Å². The number of cyclic esters (lactones) is 1. The highest BCUT2D eigenvalue weighted by Crippen LogP contribution is 2.31. The van der Waals surface area contributed by atoms with Crippen LogP contribution >= 0.6 is 0 Å². The molecule has 150 valence electrons. The Morgan fingerprint density at radius 2 is 1.90 bits per heavy atom. The van der Waals surface area contributed by atoms with Crippen molar-refractivity contribution in [2.75, 3.05) is 30.4 Å². The summed E-state index contributed by atoms with van der Waals surface area (Å²) in [6.07, 6.45) is 1.53. The summed E-state index contributed by atoms with van der Waals surface area (Å²) in [5, 5.41) is 2.86. The van der Waals surface area contributed by atoms with Gasteiger partial charge < -0.3 is 19.7 Å². The maximum atomic E-state index is 12.9. The van der Waals surface area contributed by atoms with Gasteiger partial charge in [0.05, 0.1) is 29.6 Å². The van der Waals surface area contributed by atoms with Gasteiger partial charge in [-0.3, -0.25) is 4.79 Å². The molecule has 0 bridgehead atoms. The summed E-state index contributed by atoms with van der Waals surface area (Å²) < 4.78 is 10.2. The Bertz CT molecular complexity index is 965. The number of nitrogens with one attached hydrogen (secondary N) is 1. The summed E-state index contributed by atoms with van der Waals surface area (Å²) in [7, 11) is 1.31. The number of benzene rings is 2. The fourth-order valence-electron chi connectivity index (χ4n) is 3.81. The molecule has 2 aromatic carbocycles. The largest absolute Gasteiger partial charge is 0.465 e. The van der Waals surface area contributed by atoms with Crippen LogP contribution in [0.5, 0.6) is 0 Å². The summed E-state index contributed by atoms with van der Waals surface area (Å²) >= 11 is 0. The highest BCUT2D eigenvalue weighted by molar-refractivity contribution is 6.02. The number of nitrogens with zero attached hydrogens (tertiary/aromatic N) is 1. The van der Waals surface area contributed by atoms with Crippen LogP contribution in [0.1, 0.15) is 39.1 Å². The fraction of sp³-hybridized carbons (Fsp3) is 0.318. The molecule has 1 N–H and O–H groups in total. The number of carbonyl (C=O) groups is 3. The molecule has 7 heteroatoms. The minimum Gasteiger partial charge on any atom is -0.465 e. The number of methoxy groups -OCH3 is 1. The van der Waals surface area contributed by atoms with Gasteiger partial charge in [0.1, 0.15) is 0 Å². The molecule has 0 unspecified atom stereocenters. The van der Waals surface area contributed by atoms with Gasteiger partial charge >= 0.3 is 11.9 Å². The Kier molecular flexibility index (Phi) is 5.20. The molecule has 2 aliphatic heterocycles. The van der Waals surface area contributed by atoms with Crippen LogP contribution in [0.3, 0.4) is 0 Å². The van der Waals surface area contributed by atoms with E-state index >= 15 is 0 Å². The quantitative estimate of drug-likeness (QED) is 0.803. The number of hydrogen-bond donors (Lipinski definition) is 1. The molecule has 1 fully saturated rings. The molecular weight excluding hydrogens is 372 g/mol. The summed E-state index contributed by atoms with van der Waals surface area (Å²) in [5.74, 6) is -1.41. The first-order valence-corrected chi connectivity index (χ1v) is 9.64. The molecule has 0 radical (unpaired) electrons. The van der Waals surface area contributed by atoms with Gasteiger partial charge in [-0.1, -0.05) is 18.2 Å². The Labute approximate surface area is 168 Å². The van der Waals surface area contributed by atoms with Gasteiger partial charge in [-0.25, -0.2) is 9.59 Å². The first kappa shape index (κ1) is 19.0.